The van der Waals surface area contributed by atoms with Gasteiger partial charge in [-0.2, -0.15) is 0 Å². The van der Waals surface area contributed by atoms with Crippen LogP contribution in [0.15, 0.2) is 23.7 Å². The van der Waals surface area contributed by atoms with Crippen molar-refractivity contribution in [2.75, 3.05) is 0 Å². The highest BCUT2D eigenvalue weighted by atomic mass is 79.9. The topological polar surface area (TPSA) is 0 Å². The van der Waals surface area contributed by atoms with E-state index in [1.807, 2.05) is 0 Å². The molecule has 0 radical (unpaired) electrons. The normalized spacial score (nSPS) is 8.83. The average molecular weight is 163 g/mol. The molecule has 2 heteroatoms. The fraction of sp³-hybridized carbons (Fsp3) is 0. The highest BCUT2D eigenvalue weighted by Gasteiger charge is 1.74. The summed E-state index contributed by atoms with van der Waals surface area (Å²) in [6.07, 6.45) is -0.0136. The molecular formula is C4H4BrP. The second-order valence-electron chi connectivity index (χ2n) is 1.03. The quantitative estimate of drug-likeness (QED) is 0.551. The molecule has 0 amide bonds. The third-order valence-corrected chi connectivity index (χ3v) is 2.90. The van der Waals surface area contributed by atoms with Crippen molar-refractivity contribution < 1.29 is 0 Å². The smallest absolute Gasteiger partial charge is 0.0275 e. The van der Waals surface area contributed by atoms with E-state index in [2.05, 4.69) is 39.2 Å². The average Bonchev–Trinajstić information content (AvgIpc) is 1.86. The molecular weight excluding hydrogens is 159 g/mol. The van der Waals surface area contributed by atoms with Crippen LogP contribution in [0.5, 0.6) is 0 Å². The Morgan fingerprint density at radius 2 is 1.67 bits per heavy atom. The first kappa shape index (κ1) is 4.42. The lowest BCUT2D eigenvalue weighted by Gasteiger charge is -1.66. The van der Waals surface area contributed by atoms with Crippen LogP contribution in [-0.2, 0) is 0 Å². The minimum absolute atomic E-state index is 0.0136. The second-order valence-corrected chi connectivity index (χ2v) is 4.77. The molecule has 0 aliphatic heterocycles. The summed E-state index contributed by atoms with van der Waals surface area (Å²) in [5.41, 5.74) is 0. The molecule has 0 unspecified atom stereocenters. The van der Waals surface area contributed by atoms with Gasteiger partial charge in [0.25, 0.3) is 0 Å². The molecule has 0 aliphatic rings. The zero-order valence-corrected chi connectivity index (χ0v) is 5.62. The maximum atomic E-state index is 3.43. The van der Waals surface area contributed by atoms with Crippen molar-refractivity contribution in [2.24, 2.45) is 0 Å². The van der Waals surface area contributed by atoms with Crippen LogP contribution in [-0.4, -0.2) is 0 Å². The minimum atomic E-state index is -0.0136. The van der Waals surface area contributed by atoms with Gasteiger partial charge in [-0.3, -0.25) is 0 Å². The Balaban J connectivity index is 3.05. The van der Waals surface area contributed by atoms with E-state index in [4.69, 9.17) is 0 Å². The predicted octanol–water partition coefficient (Wildman–Crippen LogP) is 2.83. The molecule has 1 aromatic heterocycles. The molecule has 1 heterocycles. The van der Waals surface area contributed by atoms with Gasteiger partial charge in [0.05, 0.1) is 0 Å². The van der Waals surface area contributed by atoms with E-state index < -0.39 is 0 Å². The van der Waals surface area contributed by atoms with Gasteiger partial charge in [0.2, 0.25) is 0 Å². The van der Waals surface area contributed by atoms with Crippen molar-refractivity contribution >= 4 is 21.7 Å². The minimum Gasteiger partial charge on any atom is -0.0572 e. The van der Waals surface area contributed by atoms with Gasteiger partial charge in [0.15, 0.2) is 0 Å². The van der Waals surface area contributed by atoms with Gasteiger partial charge in [-0.15, -0.1) is 0 Å². The summed E-state index contributed by atoms with van der Waals surface area (Å²) in [6.45, 7) is 0. The number of hydrogen-bond acceptors (Lipinski definition) is 0. The lowest BCUT2D eigenvalue weighted by molar-refractivity contribution is 2.03. The standard InChI is InChI=1S/C4H4BrP/c5-6-3-1-2-4-6/h1-4H. The Hall–Kier alpha value is 0.260. The third-order valence-electron chi connectivity index (χ3n) is 0.568. The second kappa shape index (κ2) is 1.81. The maximum absolute atomic E-state index is 3.43. The van der Waals surface area contributed by atoms with E-state index in [9.17, 15) is 0 Å². The van der Waals surface area contributed by atoms with Gasteiger partial charge < -0.3 is 0 Å². The molecule has 0 bridgehead atoms. The van der Waals surface area contributed by atoms with Crippen molar-refractivity contribution in [3.05, 3.63) is 23.7 Å². The molecule has 0 atom stereocenters. The fourth-order valence-corrected chi connectivity index (χ4v) is 1.76. The molecule has 0 aromatic carbocycles. The van der Waals surface area contributed by atoms with Gasteiger partial charge in [-0.25, -0.2) is 0 Å². The summed E-state index contributed by atoms with van der Waals surface area (Å²) < 4.78 is 0. The van der Waals surface area contributed by atoms with E-state index in [0.29, 0.717) is 0 Å². The summed E-state index contributed by atoms with van der Waals surface area (Å²) in [5, 5.41) is 0. The van der Waals surface area contributed by atoms with Gasteiger partial charge in [-0.1, -0.05) is 18.4 Å². The monoisotopic (exact) mass is 162 g/mol. The van der Waals surface area contributed by atoms with Crippen LogP contribution < -0.4 is 0 Å². The Bertz CT molecular complexity index is 111. The van der Waals surface area contributed by atoms with E-state index >= 15 is 0 Å². The molecule has 1 aromatic rings. The third kappa shape index (κ3) is 0.859. The summed E-state index contributed by atoms with van der Waals surface area (Å²) >= 11 is 3.43. The Morgan fingerprint density at radius 3 is 1.83 bits per heavy atom. The van der Waals surface area contributed by atoms with E-state index in [1.165, 1.54) is 0 Å². The van der Waals surface area contributed by atoms with Crippen molar-refractivity contribution in [3.63, 3.8) is 0 Å². The molecule has 32 valence electrons. The van der Waals surface area contributed by atoms with Crippen LogP contribution >= 0.6 is 21.7 Å². The lowest BCUT2D eigenvalue weighted by Crippen LogP contribution is -1.16. The van der Waals surface area contributed by atoms with Gasteiger partial charge in [0.1, 0.15) is 0 Å². The zero-order chi connectivity index (χ0) is 4.41. The van der Waals surface area contributed by atoms with Crippen molar-refractivity contribution in [3.8, 4) is 0 Å². The number of hydrogen-bond donors (Lipinski definition) is 0. The predicted molar refractivity (Wildman–Crippen MR) is 33.5 cm³/mol. The van der Waals surface area contributed by atoms with Crippen LogP contribution in [0.3, 0.4) is 0 Å². The lowest BCUT2D eigenvalue weighted by atomic mass is 10.7. The van der Waals surface area contributed by atoms with Crippen LogP contribution in [0.1, 0.15) is 0 Å². The van der Waals surface area contributed by atoms with Crippen molar-refractivity contribution in [1.29, 1.82) is 0 Å². The van der Waals surface area contributed by atoms with Crippen LogP contribution in [0.4, 0.5) is 0 Å². The largest absolute Gasteiger partial charge is 0.0572 e. The maximum Gasteiger partial charge on any atom is -0.0275 e. The van der Waals surface area contributed by atoms with E-state index in [1.54, 1.807) is 0 Å². The Morgan fingerprint density at radius 1 is 1.17 bits per heavy atom. The Labute approximate surface area is 46.0 Å². The molecule has 0 N–H and O–H groups in total. The summed E-state index contributed by atoms with van der Waals surface area (Å²) in [4.78, 5) is 0. The van der Waals surface area contributed by atoms with Gasteiger partial charge in [-0.05, 0) is 27.1 Å². The van der Waals surface area contributed by atoms with Crippen LogP contribution in [0.25, 0.3) is 0 Å². The first-order chi connectivity index (χ1) is 2.89. The first-order valence-electron chi connectivity index (χ1n) is 1.69. The molecule has 0 saturated heterocycles. The molecule has 0 aliphatic carbocycles. The fourth-order valence-electron chi connectivity index (χ4n) is 0.314. The molecule has 6 heavy (non-hydrogen) atoms. The van der Waals surface area contributed by atoms with E-state index in [-0.39, 0.29) is 6.24 Å². The first-order valence-corrected chi connectivity index (χ1v) is 5.18. The highest BCUT2D eigenvalue weighted by Crippen LogP contribution is 2.33. The number of halogens is 1. The SMILES string of the molecule is Brp1cccc1. The van der Waals surface area contributed by atoms with Crippen molar-refractivity contribution in [2.45, 2.75) is 0 Å². The molecule has 0 spiro atoms. The highest BCUT2D eigenvalue weighted by molar-refractivity contribution is 9.38. The molecule has 0 saturated carbocycles. The number of rotatable bonds is 0. The van der Waals surface area contributed by atoms with Crippen molar-refractivity contribution in [1.82, 2.24) is 0 Å². The molecule has 1 rings (SSSR count). The van der Waals surface area contributed by atoms with Crippen LogP contribution in [0.2, 0.25) is 0 Å². The van der Waals surface area contributed by atoms with E-state index in [0.717, 1.165) is 0 Å². The van der Waals surface area contributed by atoms with Crippen LogP contribution in [0, 0.1) is 0 Å². The van der Waals surface area contributed by atoms with Gasteiger partial charge >= 0.3 is 0 Å². The zero-order valence-electron chi connectivity index (χ0n) is 3.13. The molecule has 0 nitrogen and oxygen atoms in total. The summed E-state index contributed by atoms with van der Waals surface area (Å²) in [5.74, 6) is 4.30. The Kier molecular flexibility index (Phi) is 1.33. The van der Waals surface area contributed by atoms with Gasteiger partial charge in [0, 0.05) is 0 Å². The summed E-state index contributed by atoms with van der Waals surface area (Å²) in [6, 6.07) is 4.11. The summed E-state index contributed by atoms with van der Waals surface area (Å²) in [7, 11) is 0. The molecule has 0 fully saturated rings.